The van der Waals surface area contributed by atoms with Crippen molar-refractivity contribution in [3.05, 3.63) is 11.9 Å². The molecule has 120 valence electrons. The van der Waals surface area contributed by atoms with Crippen LogP contribution >= 0.6 is 0 Å². The predicted octanol–water partition coefficient (Wildman–Crippen LogP) is 1.81. The Hall–Kier alpha value is -1.43. The minimum Gasteiger partial charge on any atom is -0.341 e. The monoisotopic (exact) mass is 295 g/mol. The average Bonchev–Trinajstić information content (AvgIpc) is 2.83. The molecule has 0 fully saturated rings. The van der Waals surface area contributed by atoms with Gasteiger partial charge in [-0.3, -0.25) is 4.79 Å². The normalized spacial score (nSPS) is 11.7. The maximum atomic E-state index is 12.2. The molecular formula is C15H29N5O. The van der Waals surface area contributed by atoms with Crippen molar-refractivity contribution in [1.82, 2.24) is 25.2 Å². The SMILES string of the molecule is CCCN(CCC)C(=O)Cn1cc(CNC(C)(C)C)nn1. The molecule has 0 saturated carbocycles. The van der Waals surface area contributed by atoms with E-state index in [9.17, 15) is 4.79 Å². The number of nitrogens with one attached hydrogen (secondary N) is 1. The molecule has 6 heteroatoms. The van der Waals surface area contributed by atoms with Gasteiger partial charge in [0, 0.05) is 25.2 Å². The van der Waals surface area contributed by atoms with Gasteiger partial charge >= 0.3 is 0 Å². The second-order valence-corrected chi connectivity index (χ2v) is 6.39. The van der Waals surface area contributed by atoms with Crippen LogP contribution in [0, 0.1) is 0 Å². The van der Waals surface area contributed by atoms with Gasteiger partial charge in [-0.25, -0.2) is 4.68 Å². The fraction of sp³-hybridized carbons (Fsp3) is 0.800. The number of hydrogen-bond donors (Lipinski definition) is 1. The fourth-order valence-electron chi connectivity index (χ4n) is 1.99. The lowest BCUT2D eigenvalue weighted by Crippen LogP contribution is -2.35. The van der Waals surface area contributed by atoms with E-state index in [0.29, 0.717) is 6.54 Å². The van der Waals surface area contributed by atoms with Crippen LogP contribution < -0.4 is 5.32 Å². The van der Waals surface area contributed by atoms with Crippen LogP contribution in [0.3, 0.4) is 0 Å². The number of nitrogens with zero attached hydrogens (tertiary/aromatic N) is 4. The van der Waals surface area contributed by atoms with Gasteiger partial charge in [0.25, 0.3) is 0 Å². The highest BCUT2D eigenvalue weighted by Crippen LogP contribution is 2.03. The van der Waals surface area contributed by atoms with Crippen molar-refractivity contribution in [1.29, 1.82) is 0 Å². The van der Waals surface area contributed by atoms with Gasteiger partial charge in [0.2, 0.25) is 5.91 Å². The quantitative estimate of drug-likeness (QED) is 0.794. The minimum absolute atomic E-state index is 0.0403. The van der Waals surface area contributed by atoms with Crippen LogP contribution in [0.15, 0.2) is 6.20 Å². The first-order valence-electron chi connectivity index (χ1n) is 7.77. The molecule has 0 aromatic carbocycles. The summed E-state index contributed by atoms with van der Waals surface area (Å²) in [5.41, 5.74) is 0.897. The molecule has 0 aliphatic heterocycles. The van der Waals surface area contributed by atoms with Crippen LogP contribution in [0.2, 0.25) is 0 Å². The molecule has 0 bridgehead atoms. The van der Waals surface area contributed by atoms with Crippen molar-refractivity contribution >= 4 is 5.91 Å². The lowest BCUT2D eigenvalue weighted by Gasteiger charge is -2.21. The zero-order valence-electron chi connectivity index (χ0n) is 14.0. The van der Waals surface area contributed by atoms with Crippen LogP contribution in [0.4, 0.5) is 0 Å². The third kappa shape index (κ3) is 6.71. The van der Waals surface area contributed by atoms with E-state index in [-0.39, 0.29) is 18.0 Å². The average molecular weight is 295 g/mol. The molecule has 21 heavy (non-hydrogen) atoms. The second kappa shape index (κ2) is 8.12. The van der Waals surface area contributed by atoms with E-state index in [1.165, 1.54) is 0 Å². The molecule has 1 amide bonds. The topological polar surface area (TPSA) is 63.1 Å². The first-order valence-corrected chi connectivity index (χ1v) is 7.77. The van der Waals surface area contributed by atoms with E-state index < -0.39 is 0 Å². The van der Waals surface area contributed by atoms with Crippen LogP contribution in [0.25, 0.3) is 0 Å². The summed E-state index contributed by atoms with van der Waals surface area (Å²) in [6.07, 6.45) is 3.79. The molecular weight excluding hydrogens is 266 g/mol. The number of amides is 1. The first kappa shape index (κ1) is 17.6. The summed E-state index contributed by atoms with van der Waals surface area (Å²) >= 11 is 0. The Morgan fingerprint density at radius 2 is 1.90 bits per heavy atom. The van der Waals surface area contributed by atoms with Crippen molar-refractivity contribution < 1.29 is 4.79 Å². The van der Waals surface area contributed by atoms with E-state index in [0.717, 1.165) is 31.6 Å². The predicted molar refractivity (Wildman–Crippen MR) is 83.8 cm³/mol. The molecule has 0 radical (unpaired) electrons. The van der Waals surface area contributed by atoms with E-state index in [1.807, 2.05) is 11.1 Å². The Morgan fingerprint density at radius 1 is 1.29 bits per heavy atom. The summed E-state index contributed by atoms with van der Waals surface area (Å²) in [5.74, 6) is 0.110. The molecule has 1 aromatic rings. The fourth-order valence-corrected chi connectivity index (χ4v) is 1.99. The van der Waals surface area contributed by atoms with Gasteiger partial charge in [0.05, 0.1) is 11.9 Å². The largest absolute Gasteiger partial charge is 0.341 e. The molecule has 0 atom stereocenters. The summed E-state index contributed by atoms with van der Waals surface area (Å²) in [6, 6.07) is 0. The number of carbonyl (C=O) groups is 1. The summed E-state index contributed by atoms with van der Waals surface area (Å²) in [4.78, 5) is 14.1. The van der Waals surface area contributed by atoms with E-state index in [1.54, 1.807) is 4.68 Å². The van der Waals surface area contributed by atoms with Gasteiger partial charge in [0.15, 0.2) is 0 Å². The van der Waals surface area contributed by atoms with Crippen molar-refractivity contribution in [3.8, 4) is 0 Å². The Bertz CT molecular complexity index is 430. The van der Waals surface area contributed by atoms with Gasteiger partial charge in [-0.2, -0.15) is 0 Å². The number of carbonyl (C=O) groups excluding carboxylic acids is 1. The summed E-state index contributed by atoms with van der Waals surface area (Å²) in [7, 11) is 0. The number of hydrogen-bond acceptors (Lipinski definition) is 4. The number of rotatable bonds is 8. The molecule has 1 N–H and O–H groups in total. The maximum absolute atomic E-state index is 12.2. The molecule has 6 nitrogen and oxygen atoms in total. The highest BCUT2D eigenvalue weighted by atomic mass is 16.2. The zero-order chi connectivity index (χ0) is 15.9. The summed E-state index contributed by atoms with van der Waals surface area (Å²) in [5, 5.41) is 11.5. The van der Waals surface area contributed by atoms with Crippen molar-refractivity contribution in [2.75, 3.05) is 13.1 Å². The van der Waals surface area contributed by atoms with Gasteiger partial charge in [0.1, 0.15) is 6.54 Å². The molecule has 0 spiro atoms. The van der Waals surface area contributed by atoms with Gasteiger partial charge in [-0.05, 0) is 33.6 Å². The molecule has 1 rings (SSSR count). The van der Waals surface area contributed by atoms with Gasteiger partial charge in [-0.1, -0.05) is 19.1 Å². The standard InChI is InChI=1S/C15H29N5O/c1-6-8-19(9-7-2)14(21)12-20-11-13(17-18-20)10-16-15(3,4)5/h11,16H,6-10,12H2,1-5H3. The highest BCUT2D eigenvalue weighted by Gasteiger charge is 2.14. The third-order valence-corrected chi connectivity index (χ3v) is 3.02. The summed E-state index contributed by atoms with van der Waals surface area (Å²) in [6.45, 7) is 13.0. The molecule has 0 saturated heterocycles. The molecule has 0 aliphatic carbocycles. The Labute approximate surface area is 127 Å². The van der Waals surface area contributed by atoms with E-state index in [2.05, 4.69) is 50.2 Å². The van der Waals surface area contributed by atoms with Crippen LogP contribution in [0.1, 0.15) is 53.2 Å². The first-order chi connectivity index (χ1) is 9.85. The maximum Gasteiger partial charge on any atom is 0.244 e. The second-order valence-electron chi connectivity index (χ2n) is 6.39. The molecule has 1 aromatic heterocycles. The Morgan fingerprint density at radius 3 is 2.43 bits per heavy atom. The highest BCUT2D eigenvalue weighted by molar-refractivity contribution is 5.75. The number of aromatic nitrogens is 3. The zero-order valence-corrected chi connectivity index (χ0v) is 14.0. The van der Waals surface area contributed by atoms with Crippen LogP contribution in [-0.2, 0) is 17.9 Å². The molecule has 1 heterocycles. The Balaban J connectivity index is 2.54. The third-order valence-electron chi connectivity index (χ3n) is 3.02. The van der Waals surface area contributed by atoms with Crippen LogP contribution in [0.5, 0.6) is 0 Å². The summed E-state index contributed by atoms with van der Waals surface area (Å²) < 4.78 is 1.63. The lowest BCUT2D eigenvalue weighted by molar-refractivity contribution is -0.132. The van der Waals surface area contributed by atoms with E-state index >= 15 is 0 Å². The molecule has 0 unspecified atom stereocenters. The van der Waals surface area contributed by atoms with Crippen molar-refractivity contribution in [3.63, 3.8) is 0 Å². The van der Waals surface area contributed by atoms with Gasteiger partial charge < -0.3 is 10.2 Å². The molecule has 0 aliphatic rings. The van der Waals surface area contributed by atoms with Crippen molar-refractivity contribution in [2.45, 2.75) is 66.1 Å². The minimum atomic E-state index is 0.0403. The smallest absolute Gasteiger partial charge is 0.244 e. The van der Waals surface area contributed by atoms with E-state index in [4.69, 9.17) is 0 Å². The lowest BCUT2D eigenvalue weighted by atomic mass is 10.1. The van der Waals surface area contributed by atoms with Crippen molar-refractivity contribution in [2.24, 2.45) is 0 Å². The Kier molecular flexibility index (Phi) is 6.81. The van der Waals surface area contributed by atoms with Gasteiger partial charge in [-0.15, -0.1) is 5.10 Å². The van der Waals surface area contributed by atoms with Crippen LogP contribution in [-0.4, -0.2) is 44.4 Å².